The van der Waals surface area contributed by atoms with Crippen LogP contribution in [0, 0.1) is 16.7 Å². The van der Waals surface area contributed by atoms with Gasteiger partial charge in [0.1, 0.15) is 10.4 Å². The van der Waals surface area contributed by atoms with Crippen molar-refractivity contribution in [2.24, 2.45) is 5.41 Å². The van der Waals surface area contributed by atoms with Crippen LogP contribution in [0.5, 0.6) is 0 Å². The van der Waals surface area contributed by atoms with E-state index < -0.39 is 5.41 Å². The Morgan fingerprint density at radius 3 is 2.94 bits per heavy atom. The van der Waals surface area contributed by atoms with Crippen molar-refractivity contribution in [3.63, 3.8) is 0 Å². The Morgan fingerprint density at radius 1 is 1.62 bits per heavy atom. The molecule has 0 radical (unpaired) electrons. The highest BCUT2D eigenvalue weighted by Gasteiger charge is 2.40. The Morgan fingerprint density at radius 2 is 2.38 bits per heavy atom. The molecule has 1 amide bonds. The smallest absolute Gasteiger partial charge is 0.245 e. The van der Waals surface area contributed by atoms with Crippen LogP contribution in [0.1, 0.15) is 12.8 Å². The second-order valence-electron chi connectivity index (χ2n) is 3.54. The molecule has 0 unspecified atom stereocenters. The molecular formula is C9H10N4O2S. The Hall–Kier alpha value is -1.52. The average molecular weight is 238 g/mol. The summed E-state index contributed by atoms with van der Waals surface area (Å²) in [5.41, 5.74) is -0.970. The molecule has 2 heterocycles. The number of rotatable bonds is 2. The molecule has 2 rings (SSSR count). The van der Waals surface area contributed by atoms with Crippen LogP contribution in [-0.2, 0) is 9.53 Å². The largest absolute Gasteiger partial charge is 0.381 e. The minimum Gasteiger partial charge on any atom is -0.381 e. The second-order valence-corrected chi connectivity index (χ2v) is 4.33. The summed E-state index contributed by atoms with van der Waals surface area (Å²) < 4.78 is 8.80. The molecule has 7 heteroatoms. The number of aromatic nitrogens is 2. The number of nitrogens with zero attached hydrogens (tertiary/aromatic N) is 3. The molecule has 1 aromatic heterocycles. The maximum Gasteiger partial charge on any atom is 0.245 e. The van der Waals surface area contributed by atoms with E-state index in [1.165, 1.54) is 6.20 Å². The first-order valence-corrected chi connectivity index (χ1v) is 5.62. The van der Waals surface area contributed by atoms with Gasteiger partial charge in [0, 0.05) is 24.7 Å². The first kappa shape index (κ1) is 11.0. The normalized spacial score (nSPS) is 18.7. The molecule has 1 aliphatic rings. The molecular weight excluding hydrogens is 228 g/mol. The first-order valence-electron chi connectivity index (χ1n) is 4.85. The summed E-state index contributed by atoms with van der Waals surface area (Å²) in [6.45, 7) is 0.893. The van der Waals surface area contributed by atoms with Gasteiger partial charge in [-0.15, -0.1) is 5.10 Å². The van der Waals surface area contributed by atoms with Crippen molar-refractivity contribution in [2.45, 2.75) is 12.8 Å². The summed E-state index contributed by atoms with van der Waals surface area (Å²) in [4.78, 5) is 12.0. The Kier molecular flexibility index (Phi) is 3.12. The fourth-order valence-electron chi connectivity index (χ4n) is 1.56. The van der Waals surface area contributed by atoms with Gasteiger partial charge in [-0.1, -0.05) is 4.49 Å². The molecule has 16 heavy (non-hydrogen) atoms. The lowest BCUT2D eigenvalue weighted by molar-refractivity contribution is -0.126. The third-order valence-corrected chi connectivity index (χ3v) is 3.17. The first-order chi connectivity index (χ1) is 7.77. The number of carbonyl (C=O) groups excluding carboxylic acids is 1. The van der Waals surface area contributed by atoms with Gasteiger partial charge in [0.25, 0.3) is 0 Å². The number of ether oxygens (including phenoxy) is 1. The molecule has 1 fully saturated rings. The van der Waals surface area contributed by atoms with Crippen LogP contribution < -0.4 is 5.32 Å². The minimum absolute atomic E-state index is 0.288. The van der Waals surface area contributed by atoms with Crippen molar-refractivity contribution in [3.8, 4) is 6.07 Å². The van der Waals surface area contributed by atoms with E-state index in [1.807, 2.05) is 0 Å². The zero-order valence-electron chi connectivity index (χ0n) is 8.47. The lowest BCUT2D eigenvalue weighted by Crippen LogP contribution is -2.39. The zero-order chi connectivity index (χ0) is 11.4. The molecule has 84 valence electrons. The number of nitriles is 1. The number of anilines is 1. The number of carbonyl (C=O) groups is 1. The average Bonchev–Trinajstić information content (AvgIpc) is 2.82. The highest BCUT2D eigenvalue weighted by molar-refractivity contribution is 7.10. The second kappa shape index (κ2) is 4.55. The van der Waals surface area contributed by atoms with E-state index in [0.29, 0.717) is 31.1 Å². The van der Waals surface area contributed by atoms with Crippen LogP contribution in [0.4, 0.5) is 5.00 Å². The molecule has 1 aliphatic heterocycles. The van der Waals surface area contributed by atoms with Gasteiger partial charge < -0.3 is 10.1 Å². The molecule has 1 saturated heterocycles. The molecule has 0 bridgehead atoms. The van der Waals surface area contributed by atoms with Crippen molar-refractivity contribution >= 4 is 22.4 Å². The summed E-state index contributed by atoms with van der Waals surface area (Å²) in [6.07, 6.45) is 2.33. The summed E-state index contributed by atoms with van der Waals surface area (Å²) in [5, 5.41) is 16.0. The van der Waals surface area contributed by atoms with E-state index in [4.69, 9.17) is 10.00 Å². The van der Waals surface area contributed by atoms with Crippen LogP contribution in [0.15, 0.2) is 6.20 Å². The third-order valence-electron chi connectivity index (χ3n) is 2.59. The van der Waals surface area contributed by atoms with Gasteiger partial charge in [0.05, 0.1) is 12.3 Å². The SMILES string of the molecule is N#CC1(C(=O)Nc2cnns2)CCOCC1. The summed E-state index contributed by atoms with van der Waals surface area (Å²) in [7, 11) is 0. The molecule has 0 atom stereocenters. The fourth-order valence-corrected chi connectivity index (χ4v) is 1.98. The van der Waals surface area contributed by atoms with Crippen molar-refractivity contribution in [1.82, 2.24) is 9.59 Å². The van der Waals surface area contributed by atoms with E-state index in [-0.39, 0.29) is 5.91 Å². The van der Waals surface area contributed by atoms with Gasteiger partial charge in [0.2, 0.25) is 5.91 Å². The van der Waals surface area contributed by atoms with Gasteiger partial charge in [0.15, 0.2) is 0 Å². The third kappa shape index (κ3) is 2.03. The number of hydrogen-bond acceptors (Lipinski definition) is 6. The molecule has 6 nitrogen and oxygen atoms in total. The minimum atomic E-state index is -0.970. The standard InChI is InChI=1S/C9H10N4O2S/c10-6-9(1-3-15-4-2-9)8(14)12-7-5-11-13-16-7/h5H,1-4H2,(H,12,14). The van der Waals surface area contributed by atoms with Crippen LogP contribution in [0.25, 0.3) is 0 Å². The predicted octanol–water partition coefficient (Wildman–Crippen LogP) is 0.797. The quantitative estimate of drug-likeness (QED) is 0.823. The molecule has 0 saturated carbocycles. The van der Waals surface area contributed by atoms with Gasteiger partial charge in [-0.05, 0) is 12.8 Å². The summed E-state index contributed by atoms with van der Waals surface area (Å²) in [5.74, 6) is -0.288. The number of nitrogens with one attached hydrogen (secondary N) is 1. The van der Waals surface area contributed by atoms with Crippen molar-refractivity contribution < 1.29 is 9.53 Å². The van der Waals surface area contributed by atoms with Crippen LogP contribution in [0.2, 0.25) is 0 Å². The predicted molar refractivity (Wildman–Crippen MR) is 56.6 cm³/mol. The number of amides is 1. The van der Waals surface area contributed by atoms with E-state index in [2.05, 4.69) is 21.0 Å². The van der Waals surface area contributed by atoms with E-state index in [0.717, 1.165) is 11.5 Å². The zero-order valence-corrected chi connectivity index (χ0v) is 9.29. The van der Waals surface area contributed by atoms with E-state index in [1.54, 1.807) is 0 Å². The van der Waals surface area contributed by atoms with Gasteiger partial charge in [-0.3, -0.25) is 4.79 Å². The summed E-state index contributed by atoms with van der Waals surface area (Å²) >= 11 is 1.09. The Bertz CT molecular complexity index is 406. The van der Waals surface area contributed by atoms with Gasteiger partial charge in [-0.2, -0.15) is 5.26 Å². The monoisotopic (exact) mass is 238 g/mol. The lowest BCUT2D eigenvalue weighted by atomic mass is 9.81. The molecule has 0 aromatic carbocycles. The highest BCUT2D eigenvalue weighted by atomic mass is 32.1. The van der Waals surface area contributed by atoms with Crippen molar-refractivity contribution in [1.29, 1.82) is 5.26 Å². The van der Waals surface area contributed by atoms with Crippen LogP contribution >= 0.6 is 11.5 Å². The highest BCUT2D eigenvalue weighted by Crippen LogP contribution is 2.31. The molecule has 1 N–H and O–H groups in total. The molecule has 0 aliphatic carbocycles. The van der Waals surface area contributed by atoms with Crippen molar-refractivity contribution in [2.75, 3.05) is 18.5 Å². The van der Waals surface area contributed by atoms with Crippen LogP contribution in [-0.4, -0.2) is 28.7 Å². The fraction of sp³-hybridized carbons (Fsp3) is 0.556. The van der Waals surface area contributed by atoms with Gasteiger partial charge in [-0.25, -0.2) is 0 Å². The van der Waals surface area contributed by atoms with Crippen LogP contribution in [0.3, 0.4) is 0 Å². The molecule has 0 spiro atoms. The Balaban J connectivity index is 2.10. The lowest BCUT2D eigenvalue weighted by Gasteiger charge is -2.28. The number of hydrogen-bond donors (Lipinski definition) is 1. The topological polar surface area (TPSA) is 87.9 Å². The Labute approximate surface area is 96.4 Å². The summed E-state index contributed by atoms with van der Waals surface area (Å²) in [6, 6.07) is 2.10. The van der Waals surface area contributed by atoms with Crippen molar-refractivity contribution in [3.05, 3.63) is 6.20 Å². The van der Waals surface area contributed by atoms with E-state index in [9.17, 15) is 4.79 Å². The maximum absolute atomic E-state index is 12.0. The van der Waals surface area contributed by atoms with E-state index >= 15 is 0 Å². The maximum atomic E-state index is 12.0. The van der Waals surface area contributed by atoms with Gasteiger partial charge >= 0.3 is 0 Å². The molecule has 1 aromatic rings.